The van der Waals surface area contributed by atoms with Crippen LogP contribution in [-0.2, 0) is 5.88 Å². The van der Waals surface area contributed by atoms with Crippen molar-refractivity contribution < 1.29 is 4.39 Å². The van der Waals surface area contributed by atoms with E-state index in [0.29, 0.717) is 17.5 Å². The summed E-state index contributed by atoms with van der Waals surface area (Å²) in [4.78, 5) is 2.14. The molecule has 1 atom stereocenters. The van der Waals surface area contributed by atoms with Crippen molar-refractivity contribution in [2.45, 2.75) is 25.6 Å². The van der Waals surface area contributed by atoms with Crippen molar-refractivity contribution in [1.82, 2.24) is 0 Å². The Hall–Kier alpha value is -0.760. The van der Waals surface area contributed by atoms with E-state index in [1.165, 1.54) is 12.5 Å². The van der Waals surface area contributed by atoms with Gasteiger partial charge in [0.15, 0.2) is 0 Å². The molecule has 0 bridgehead atoms. The van der Waals surface area contributed by atoms with E-state index < -0.39 is 0 Å². The van der Waals surface area contributed by atoms with Gasteiger partial charge in [-0.3, -0.25) is 0 Å². The van der Waals surface area contributed by atoms with Gasteiger partial charge in [0, 0.05) is 19.0 Å². The minimum atomic E-state index is -0.146. The van der Waals surface area contributed by atoms with Crippen LogP contribution in [0.2, 0.25) is 0 Å². The van der Waals surface area contributed by atoms with E-state index in [1.54, 1.807) is 6.07 Å². The summed E-state index contributed by atoms with van der Waals surface area (Å²) in [6.45, 7) is 4.09. The van der Waals surface area contributed by atoms with Gasteiger partial charge in [-0.2, -0.15) is 0 Å². The fourth-order valence-electron chi connectivity index (χ4n) is 2.41. The van der Waals surface area contributed by atoms with Gasteiger partial charge in [0.2, 0.25) is 0 Å². The number of benzene rings is 1. The third-order valence-electron chi connectivity index (χ3n) is 3.19. The topological polar surface area (TPSA) is 3.24 Å². The van der Waals surface area contributed by atoms with E-state index >= 15 is 0 Å². The van der Waals surface area contributed by atoms with Crippen LogP contribution in [0.5, 0.6) is 0 Å². The quantitative estimate of drug-likeness (QED) is 0.712. The van der Waals surface area contributed by atoms with Gasteiger partial charge in [-0.15, -0.1) is 11.6 Å². The Morgan fingerprint density at radius 3 is 3.00 bits per heavy atom. The fourth-order valence-corrected chi connectivity index (χ4v) is 2.63. The molecule has 3 heteroatoms. The molecule has 1 unspecified atom stereocenters. The summed E-state index contributed by atoms with van der Waals surface area (Å²) in [7, 11) is 0. The Bertz CT molecular complexity index is 367. The Labute approximate surface area is 101 Å². The average molecular weight is 242 g/mol. The number of hydrogen-bond donors (Lipinski definition) is 0. The van der Waals surface area contributed by atoms with E-state index in [9.17, 15) is 4.39 Å². The van der Waals surface area contributed by atoms with Crippen molar-refractivity contribution in [3.05, 3.63) is 29.6 Å². The van der Waals surface area contributed by atoms with Gasteiger partial charge >= 0.3 is 0 Å². The highest BCUT2D eigenvalue weighted by Crippen LogP contribution is 2.29. The number of anilines is 1. The van der Waals surface area contributed by atoms with Gasteiger partial charge in [-0.1, -0.05) is 19.1 Å². The van der Waals surface area contributed by atoms with Crippen LogP contribution in [0.25, 0.3) is 0 Å². The highest BCUT2D eigenvalue weighted by molar-refractivity contribution is 6.17. The molecule has 2 rings (SSSR count). The summed E-state index contributed by atoms with van der Waals surface area (Å²) in [5, 5.41) is 0. The van der Waals surface area contributed by atoms with E-state index in [4.69, 9.17) is 11.6 Å². The first-order chi connectivity index (χ1) is 7.72. The molecule has 0 amide bonds. The second kappa shape index (κ2) is 5.05. The second-order valence-electron chi connectivity index (χ2n) is 4.57. The Kier molecular flexibility index (Phi) is 3.70. The molecule has 1 aliphatic heterocycles. The molecule has 0 aliphatic carbocycles. The van der Waals surface area contributed by atoms with Gasteiger partial charge in [-0.05, 0) is 30.4 Å². The van der Waals surface area contributed by atoms with Crippen LogP contribution in [-0.4, -0.2) is 13.1 Å². The summed E-state index contributed by atoms with van der Waals surface area (Å²) in [6.07, 6.45) is 2.37. The predicted molar refractivity (Wildman–Crippen MR) is 66.6 cm³/mol. The zero-order valence-corrected chi connectivity index (χ0v) is 10.3. The second-order valence-corrected chi connectivity index (χ2v) is 4.84. The molecule has 1 heterocycles. The molecule has 16 heavy (non-hydrogen) atoms. The van der Waals surface area contributed by atoms with Crippen molar-refractivity contribution in [1.29, 1.82) is 0 Å². The summed E-state index contributed by atoms with van der Waals surface area (Å²) >= 11 is 5.87. The number of nitrogens with zero attached hydrogens (tertiary/aromatic N) is 1. The van der Waals surface area contributed by atoms with E-state index in [1.807, 2.05) is 6.07 Å². The summed E-state index contributed by atoms with van der Waals surface area (Å²) < 4.78 is 13.8. The molecule has 1 fully saturated rings. The molecule has 1 saturated heterocycles. The maximum atomic E-state index is 13.8. The highest BCUT2D eigenvalue weighted by atomic mass is 35.5. The van der Waals surface area contributed by atoms with Crippen LogP contribution in [0.3, 0.4) is 0 Å². The molecule has 1 aromatic rings. The highest BCUT2D eigenvalue weighted by Gasteiger charge is 2.21. The monoisotopic (exact) mass is 241 g/mol. The fraction of sp³-hybridized carbons (Fsp3) is 0.538. The maximum absolute atomic E-state index is 13.8. The largest absolute Gasteiger partial charge is 0.369 e. The summed E-state index contributed by atoms with van der Waals surface area (Å²) in [6, 6.07) is 5.15. The number of piperidine rings is 1. The number of rotatable bonds is 2. The number of alkyl halides is 1. The normalized spacial score (nSPS) is 21.2. The van der Waals surface area contributed by atoms with Crippen LogP contribution in [0.15, 0.2) is 18.2 Å². The lowest BCUT2D eigenvalue weighted by Gasteiger charge is -2.34. The molecule has 0 saturated carbocycles. The first kappa shape index (κ1) is 11.7. The third-order valence-corrected chi connectivity index (χ3v) is 3.48. The van der Waals surface area contributed by atoms with Crippen LogP contribution < -0.4 is 4.90 Å². The molecular formula is C13H17ClFN. The molecule has 0 radical (unpaired) electrons. The zero-order valence-electron chi connectivity index (χ0n) is 9.55. The predicted octanol–water partition coefficient (Wildman–Crippen LogP) is 3.80. The SMILES string of the molecule is CC1CCCN(c2c(F)cccc2CCl)C1. The lowest BCUT2D eigenvalue weighted by Crippen LogP contribution is -2.35. The Morgan fingerprint density at radius 2 is 2.31 bits per heavy atom. The lowest BCUT2D eigenvalue weighted by atomic mass is 9.99. The van der Waals surface area contributed by atoms with Gasteiger partial charge in [-0.25, -0.2) is 4.39 Å². The molecule has 1 aromatic carbocycles. The van der Waals surface area contributed by atoms with Crippen molar-refractivity contribution in [2.75, 3.05) is 18.0 Å². The summed E-state index contributed by atoms with van der Waals surface area (Å²) in [5.74, 6) is 0.863. The van der Waals surface area contributed by atoms with Crippen LogP contribution in [0.4, 0.5) is 10.1 Å². The first-order valence-electron chi connectivity index (χ1n) is 5.80. The van der Waals surface area contributed by atoms with E-state index in [-0.39, 0.29) is 5.82 Å². The standard InChI is InChI=1S/C13H17ClFN/c1-10-4-3-7-16(9-10)13-11(8-14)5-2-6-12(13)15/h2,5-6,10H,3-4,7-9H2,1H3. The van der Waals surface area contributed by atoms with Crippen molar-refractivity contribution in [2.24, 2.45) is 5.92 Å². The van der Waals surface area contributed by atoms with Crippen LogP contribution in [0, 0.1) is 11.7 Å². The Balaban J connectivity index is 2.30. The first-order valence-corrected chi connectivity index (χ1v) is 6.34. The van der Waals surface area contributed by atoms with Crippen molar-refractivity contribution in [3.8, 4) is 0 Å². The minimum absolute atomic E-state index is 0.146. The lowest BCUT2D eigenvalue weighted by molar-refractivity contribution is 0.441. The molecule has 1 aliphatic rings. The number of halogens is 2. The van der Waals surface area contributed by atoms with Gasteiger partial charge in [0.05, 0.1) is 5.69 Å². The van der Waals surface area contributed by atoms with Crippen LogP contribution in [0.1, 0.15) is 25.3 Å². The average Bonchev–Trinajstić information content (AvgIpc) is 2.28. The number of hydrogen-bond acceptors (Lipinski definition) is 1. The van der Waals surface area contributed by atoms with E-state index in [2.05, 4.69) is 11.8 Å². The van der Waals surface area contributed by atoms with Crippen molar-refractivity contribution >= 4 is 17.3 Å². The smallest absolute Gasteiger partial charge is 0.146 e. The van der Waals surface area contributed by atoms with Gasteiger partial charge in [0.1, 0.15) is 5.82 Å². The van der Waals surface area contributed by atoms with E-state index in [0.717, 1.165) is 25.1 Å². The zero-order chi connectivity index (χ0) is 11.5. The molecule has 1 nitrogen and oxygen atoms in total. The molecule has 88 valence electrons. The molecule has 0 aromatic heterocycles. The Morgan fingerprint density at radius 1 is 1.50 bits per heavy atom. The molecular weight excluding hydrogens is 225 g/mol. The molecule has 0 N–H and O–H groups in total. The maximum Gasteiger partial charge on any atom is 0.146 e. The number of para-hydroxylation sites is 1. The third kappa shape index (κ3) is 2.32. The van der Waals surface area contributed by atoms with Crippen molar-refractivity contribution in [3.63, 3.8) is 0 Å². The van der Waals surface area contributed by atoms with Crippen LogP contribution >= 0.6 is 11.6 Å². The van der Waals surface area contributed by atoms with Gasteiger partial charge in [0.25, 0.3) is 0 Å². The summed E-state index contributed by atoms with van der Waals surface area (Å²) in [5.41, 5.74) is 1.61. The minimum Gasteiger partial charge on any atom is -0.369 e. The molecule has 0 spiro atoms. The van der Waals surface area contributed by atoms with Gasteiger partial charge < -0.3 is 4.90 Å².